The van der Waals surface area contributed by atoms with Crippen LogP contribution in [0.25, 0.3) is 0 Å². The number of likely N-dealkylation sites (tertiary alicyclic amines) is 1. The van der Waals surface area contributed by atoms with Crippen LogP contribution in [0.15, 0.2) is 0 Å². The first kappa shape index (κ1) is 14.9. The molecule has 0 spiro atoms. The van der Waals surface area contributed by atoms with E-state index in [9.17, 15) is 5.26 Å². The Kier molecular flexibility index (Phi) is 4.90. The molecule has 3 atom stereocenters. The summed E-state index contributed by atoms with van der Waals surface area (Å²) in [6.45, 7) is 9.24. The summed E-state index contributed by atoms with van der Waals surface area (Å²) in [6, 6.07) is 2.80. The third kappa shape index (κ3) is 2.97. The molecule has 19 heavy (non-hydrogen) atoms. The van der Waals surface area contributed by atoms with Gasteiger partial charge < -0.3 is 0 Å². The van der Waals surface area contributed by atoms with E-state index in [1.165, 1.54) is 38.5 Å². The molecule has 2 heteroatoms. The molecule has 2 nitrogen and oxygen atoms in total. The van der Waals surface area contributed by atoms with E-state index in [-0.39, 0.29) is 5.54 Å². The Morgan fingerprint density at radius 1 is 1.11 bits per heavy atom. The summed E-state index contributed by atoms with van der Waals surface area (Å²) >= 11 is 0. The average molecular weight is 262 g/mol. The molecule has 1 saturated carbocycles. The Labute approximate surface area is 119 Å². The number of hydrogen-bond donors (Lipinski definition) is 0. The summed E-state index contributed by atoms with van der Waals surface area (Å²) in [6.07, 6.45) is 8.89. The summed E-state index contributed by atoms with van der Waals surface area (Å²) in [4.78, 5) is 2.57. The third-order valence-electron chi connectivity index (χ3n) is 5.41. The fraction of sp³-hybridized carbons (Fsp3) is 0.941. The molecule has 0 aromatic carbocycles. The molecular formula is C17H30N2. The molecule has 0 bridgehead atoms. The van der Waals surface area contributed by atoms with Crippen LogP contribution in [0.4, 0.5) is 0 Å². The van der Waals surface area contributed by atoms with Crippen LogP contribution in [-0.2, 0) is 0 Å². The quantitative estimate of drug-likeness (QED) is 0.745. The van der Waals surface area contributed by atoms with Crippen molar-refractivity contribution in [3.63, 3.8) is 0 Å². The second-order valence-electron chi connectivity index (χ2n) is 7.17. The maximum absolute atomic E-state index is 10.0. The molecule has 108 valence electrons. The minimum Gasteiger partial charge on any atom is -0.285 e. The van der Waals surface area contributed by atoms with Crippen molar-refractivity contribution in [2.45, 2.75) is 71.3 Å². The molecule has 0 N–H and O–H groups in total. The molecule has 0 radical (unpaired) electrons. The number of hydrogen-bond acceptors (Lipinski definition) is 2. The lowest BCUT2D eigenvalue weighted by Gasteiger charge is -2.50. The van der Waals surface area contributed by atoms with Gasteiger partial charge in [0.2, 0.25) is 0 Å². The van der Waals surface area contributed by atoms with Crippen LogP contribution in [0, 0.1) is 29.1 Å². The van der Waals surface area contributed by atoms with E-state index in [2.05, 4.69) is 31.7 Å². The fourth-order valence-electron chi connectivity index (χ4n) is 4.40. The van der Waals surface area contributed by atoms with Gasteiger partial charge >= 0.3 is 0 Å². The standard InChI is InChI=1S/C17H30N2/c1-14(2)16-9-8-15(3)12-17(16,13-18)19-10-6-4-5-7-11-19/h14-16H,4-12H2,1-3H3. The molecule has 0 aromatic rings. The highest BCUT2D eigenvalue weighted by atomic mass is 15.2. The van der Waals surface area contributed by atoms with Crippen molar-refractivity contribution in [3.05, 3.63) is 0 Å². The Bertz CT molecular complexity index is 323. The van der Waals surface area contributed by atoms with Crippen LogP contribution in [0.1, 0.15) is 65.7 Å². The van der Waals surface area contributed by atoms with Crippen LogP contribution < -0.4 is 0 Å². The molecule has 1 heterocycles. The highest BCUT2D eigenvalue weighted by molar-refractivity contribution is 5.15. The van der Waals surface area contributed by atoms with Gasteiger partial charge in [0.05, 0.1) is 6.07 Å². The Balaban J connectivity index is 2.27. The third-order valence-corrected chi connectivity index (χ3v) is 5.41. The van der Waals surface area contributed by atoms with E-state index >= 15 is 0 Å². The Morgan fingerprint density at radius 3 is 2.26 bits per heavy atom. The van der Waals surface area contributed by atoms with E-state index in [0.29, 0.717) is 17.8 Å². The van der Waals surface area contributed by atoms with Crippen molar-refractivity contribution in [2.24, 2.45) is 17.8 Å². The van der Waals surface area contributed by atoms with Crippen LogP contribution in [-0.4, -0.2) is 23.5 Å². The van der Waals surface area contributed by atoms with Crippen LogP contribution >= 0.6 is 0 Å². The van der Waals surface area contributed by atoms with Gasteiger partial charge in [-0.25, -0.2) is 0 Å². The first-order valence-corrected chi connectivity index (χ1v) is 8.26. The molecule has 1 aliphatic carbocycles. The maximum atomic E-state index is 10.0. The molecule has 1 aliphatic heterocycles. The number of nitriles is 1. The van der Waals surface area contributed by atoms with E-state index in [1.807, 2.05) is 0 Å². The lowest BCUT2D eigenvalue weighted by Crippen LogP contribution is -2.57. The van der Waals surface area contributed by atoms with Crippen LogP contribution in [0.3, 0.4) is 0 Å². The summed E-state index contributed by atoms with van der Waals surface area (Å²) in [7, 11) is 0. The molecule has 0 aromatic heterocycles. The zero-order valence-corrected chi connectivity index (χ0v) is 13.0. The Hall–Kier alpha value is -0.550. The van der Waals surface area contributed by atoms with Crippen molar-refractivity contribution >= 4 is 0 Å². The predicted octanol–water partition coefficient (Wildman–Crippen LogP) is 4.22. The topological polar surface area (TPSA) is 27.0 Å². The molecule has 3 unspecified atom stereocenters. The van der Waals surface area contributed by atoms with Crippen LogP contribution in [0.2, 0.25) is 0 Å². The van der Waals surface area contributed by atoms with E-state index in [4.69, 9.17) is 0 Å². The first-order chi connectivity index (χ1) is 9.10. The van der Waals surface area contributed by atoms with Crippen molar-refractivity contribution in [2.75, 3.05) is 13.1 Å². The number of rotatable bonds is 2. The van der Waals surface area contributed by atoms with Gasteiger partial charge in [-0.3, -0.25) is 4.90 Å². The first-order valence-electron chi connectivity index (χ1n) is 8.26. The summed E-state index contributed by atoms with van der Waals surface area (Å²) in [5, 5.41) is 10.0. The monoisotopic (exact) mass is 262 g/mol. The lowest BCUT2D eigenvalue weighted by molar-refractivity contribution is 0.00766. The van der Waals surface area contributed by atoms with Crippen molar-refractivity contribution in [1.82, 2.24) is 4.90 Å². The average Bonchev–Trinajstić information content (AvgIpc) is 2.67. The van der Waals surface area contributed by atoms with Gasteiger partial charge in [0.25, 0.3) is 0 Å². The van der Waals surface area contributed by atoms with Gasteiger partial charge in [0.15, 0.2) is 0 Å². The summed E-state index contributed by atoms with van der Waals surface area (Å²) < 4.78 is 0. The van der Waals surface area contributed by atoms with Gasteiger partial charge in [0.1, 0.15) is 5.54 Å². The van der Waals surface area contributed by atoms with Crippen molar-refractivity contribution in [3.8, 4) is 6.07 Å². The van der Waals surface area contributed by atoms with E-state index in [0.717, 1.165) is 19.5 Å². The van der Waals surface area contributed by atoms with Gasteiger partial charge in [0, 0.05) is 0 Å². The minimum atomic E-state index is -0.170. The highest BCUT2D eigenvalue weighted by Crippen LogP contribution is 2.45. The summed E-state index contributed by atoms with van der Waals surface area (Å²) in [5.41, 5.74) is -0.170. The summed E-state index contributed by atoms with van der Waals surface area (Å²) in [5.74, 6) is 1.89. The molecule has 2 aliphatic rings. The zero-order valence-electron chi connectivity index (χ0n) is 13.0. The van der Waals surface area contributed by atoms with Crippen molar-refractivity contribution < 1.29 is 0 Å². The SMILES string of the molecule is CC1CCC(C(C)C)C(C#N)(N2CCCCCC2)C1. The van der Waals surface area contributed by atoms with Gasteiger partial charge in [-0.15, -0.1) is 0 Å². The second kappa shape index (κ2) is 6.27. The molecular weight excluding hydrogens is 232 g/mol. The van der Waals surface area contributed by atoms with Gasteiger partial charge in [-0.05, 0) is 56.5 Å². The van der Waals surface area contributed by atoms with Crippen molar-refractivity contribution in [1.29, 1.82) is 5.26 Å². The smallest absolute Gasteiger partial charge is 0.112 e. The van der Waals surface area contributed by atoms with Crippen LogP contribution in [0.5, 0.6) is 0 Å². The largest absolute Gasteiger partial charge is 0.285 e. The van der Waals surface area contributed by atoms with E-state index < -0.39 is 0 Å². The minimum absolute atomic E-state index is 0.170. The second-order valence-corrected chi connectivity index (χ2v) is 7.17. The van der Waals surface area contributed by atoms with E-state index in [1.54, 1.807) is 0 Å². The lowest BCUT2D eigenvalue weighted by atomic mass is 9.64. The highest BCUT2D eigenvalue weighted by Gasteiger charge is 2.48. The maximum Gasteiger partial charge on any atom is 0.112 e. The fourth-order valence-corrected chi connectivity index (χ4v) is 4.40. The zero-order chi connectivity index (χ0) is 13.9. The molecule has 2 fully saturated rings. The Morgan fingerprint density at radius 2 is 1.74 bits per heavy atom. The number of nitrogens with zero attached hydrogens (tertiary/aromatic N) is 2. The normalized spacial score (nSPS) is 37.8. The van der Waals surface area contributed by atoms with Gasteiger partial charge in [-0.1, -0.05) is 40.0 Å². The molecule has 0 amide bonds. The predicted molar refractivity (Wildman–Crippen MR) is 79.7 cm³/mol. The van der Waals surface area contributed by atoms with Gasteiger partial charge in [-0.2, -0.15) is 5.26 Å². The molecule has 1 saturated heterocycles. The molecule has 2 rings (SSSR count).